The number of hydrogen-bond acceptors (Lipinski definition) is 1. The number of fused-ring (bicyclic) bond motifs is 5. The third-order valence-corrected chi connectivity index (χ3v) is 10.2. The lowest BCUT2D eigenvalue weighted by Gasteiger charge is -2.61. The first-order valence-corrected chi connectivity index (χ1v) is 11.6. The van der Waals surface area contributed by atoms with Crippen molar-refractivity contribution in [2.24, 2.45) is 52.1 Å². The Kier molecular flexibility index (Phi) is 4.93. The van der Waals surface area contributed by atoms with Crippen LogP contribution in [0.25, 0.3) is 0 Å². The molecule has 8 atom stereocenters. The molecule has 4 saturated carbocycles. The van der Waals surface area contributed by atoms with Crippen LogP contribution < -0.4 is 5.73 Å². The van der Waals surface area contributed by atoms with Crippen LogP contribution in [0.2, 0.25) is 0 Å². The van der Waals surface area contributed by atoms with Gasteiger partial charge in [-0.05, 0) is 104 Å². The van der Waals surface area contributed by atoms with E-state index in [1.807, 2.05) is 0 Å². The van der Waals surface area contributed by atoms with E-state index in [4.69, 9.17) is 5.73 Å². The quantitative estimate of drug-likeness (QED) is 0.663. The van der Waals surface area contributed by atoms with Crippen molar-refractivity contribution in [3.8, 4) is 0 Å². The normalized spacial score (nSPS) is 49.0. The van der Waals surface area contributed by atoms with Crippen LogP contribution in [0, 0.1) is 46.3 Å². The van der Waals surface area contributed by atoms with Gasteiger partial charge in [0.2, 0.25) is 5.91 Å². The van der Waals surface area contributed by atoms with Crippen LogP contribution in [0.4, 0.5) is 0 Å². The largest absolute Gasteiger partial charge is 0.370 e. The maximum atomic E-state index is 11.3. The van der Waals surface area contributed by atoms with Crippen LogP contribution in [-0.2, 0) is 4.79 Å². The molecule has 0 heterocycles. The summed E-state index contributed by atoms with van der Waals surface area (Å²) in [4.78, 5) is 11.3. The topological polar surface area (TPSA) is 43.1 Å². The van der Waals surface area contributed by atoms with Gasteiger partial charge in [0, 0.05) is 6.42 Å². The van der Waals surface area contributed by atoms with Crippen molar-refractivity contribution in [2.75, 3.05) is 0 Å². The fraction of sp³-hybridized carbons (Fsp3) is 0.958. The molecule has 4 aliphatic carbocycles. The Balaban J connectivity index is 1.52. The SMILES string of the molecule is CC(CCC(N)=O)C1CCC2C3CCC4CCCCC4(C)C3CCC12C. The molecule has 0 aromatic carbocycles. The molecule has 0 bridgehead atoms. The Bertz CT molecular complexity index is 544. The Morgan fingerprint density at radius 2 is 1.73 bits per heavy atom. The van der Waals surface area contributed by atoms with Gasteiger partial charge in [0.15, 0.2) is 0 Å². The van der Waals surface area contributed by atoms with Gasteiger partial charge in [-0.1, -0.05) is 33.6 Å². The van der Waals surface area contributed by atoms with E-state index in [0.717, 1.165) is 36.0 Å². The summed E-state index contributed by atoms with van der Waals surface area (Å²) in [5, 5.41) is 0. The Morgan fingerprint density at radius 1 is 0.962 bits per heavy atom. The van der Waals surface area contributed by atoms with Crippen molar-refractivity contribution in [1.82, 2.24) is 0 Å². The van der Waals surface area contributed by atoms with Gasteiger partial charge in [0.1, 0.15) is 0 Å². The van der Waals surface area contributed by atoms with E-state index in [0.29, 0.717) is 23.2 Å². The first-order chi connectivity index (χ1) is 12.4. The molecule has 0 saturated heterocycles. The molecule has 26 heavy (non-hydrogen) atoms. The summed E-state index contributed by atoms with van der Waals surface area (Å²) in [6.45, 7) is 7.70. The zero-order valence-electron chi connectivity index (χ0n) is 17.4. The van der Waals surface area contributed by atoms with Gasteiger partial charge in [0.05, 0.1) is 0 Å². The van der Waals surface area contributed by atoms with Crippen molar-refractivity contribution in [3.63, 3.8) is 0 Å². The Morgan fingerprint density at radius 3 is 2.50 bits per heavy atom. The van der Waals surface area contributed by atoms with Gasteiger partial charge in [-0.2, -0.15) is 0 Å². The number of carbonyl (C=O) groups is 1. The molecule has 2 heteroatoms. The highest BCUT2D eigenvalue weighted by atomic mass is 16.1. The van der Waals surface area contributed by atoms with Gasteiger partial charge in [-0.3, -0.25) is 4.79 Å². The van der Waals surface area contributed by atoms with Gasteiger partial charge in [-0.25, -0.2) is 0 Å². The lowest BCUT2D eigenvalue weighted by atomic mass is 9.44. The van der Waals surface area contributed by atoms with Gasteiger partial charge in [-0.15, -0.1) is 0 Å². The standard InChI is InChI=1S/C24H41NO/c1-16(7-12-22(25)26)19-10-11-20-18-9-8-17-6-4-5-14-23(17,2)21(18)13-15-24(19,20)3/h16-21H,4-15H2,1-3H3,(H2,25,26). The van der Waals surface area contributed by atoms with Crippen LogP contribution in [0.5, 0.6) is 0 Å². The van der Waals surface area contributed by atoms with Crippen LogP contribution in [0.1, 0.15) is 97.8 Å². The van der Waals surface area contributed by atoms with Crippen molar-refractivity contribution >= 4 is 5.91 Å². The Hall–Kier alpha value is -0.530. The minimum absolute atomic E-state index is 0.121. The highest BCUT2D eigenvalue weighted by molar-refractivity contribution is 5.73. The predicted molar refractivity (Wildman–Crippen MR) is 107 cm³/mol. The first-order valence-electron chi connectivity index (χ1n) is 11.6. The molecule has 8 unspecified atom stereocenters. The molecule has 148 valence electrons. The molecule has 2 nitrogen and oxygen atoms in total. The second-order valence-corrected chi connectivity index (χ2v) is 11.1. The third-order valence-electron chi connectivity index (χ3n) is 10.2. The van der Waals surface area contributed by atoms with Crippen molar-refractivity contribution in [1.29, 1.82) is 0 Å². The van der Waals surface area contributed by atoms with E-state index in [1.165, 1.54) is 64.2 Å². The van der Waals surface area contributed by atoms with Crippen molar-refractivity contribution < 1.29 is 4.79 Å². The molecule has 0 aliphatic heterocycles. The summed E-state index contributed by atoms with van der Waals surface area (Å²) in [6.07, 6.45) is 16.3. The van der Waals surface area contributed by atoms with E-state index in [9.17, 15) is 4.79 Å². The zero-order valence-corrected chi connectivity index (χ0v) is 17.4. The zero-order chi connectivity index (χ0) is 18.5. The van der Waals surface area contributed by atoms with E-state index in [2.05, 4.69) is 20.8 Å². The highest BCUT2D eigenvalue weighted by Crippen LogP contribution is 2.68. The number of rotatable bonds is 4. The Labute approximate surface area is 161 Å². The van der Waals surface area contributed by atoms with Crippen LogP contribution in [0.15, 0.2) is 0 Å². The molecule has 4 fully saturated rings. The molecular formula is C24H41NO. The number of nitrogens with two attached hydrogens (primary N) is 1. The minimum atomic E-state index is -0.121. The summed E-state index contributed by atoms with van der Waals surface area (Å²) < 4.78 is 0. The second kappa shape index (κ2) is 6.82. The summed E-state index contributed by atoms with van der Waals surface area (Å²) in [5.74, 6) is 5.29. The van der Waals surface area contributed by atoms with E-state index < -0.39 is 0 Å². The molecule has 0 spiro atoms. The average Bonchev–Trinajstić information content (AvgIpc) is 2.96. The highest BCUT2D eigenvalue weighted by Gasteiger charge is 2.60. The lowest BCUT2D eigenvalue weighted by molar-refractivity contribution is -0.119. The van der Waals surface area contributed by atoms with Gasteiger partial charge >= 0.3 is 0 Å². The fourth-order valence-electron chi connectivity index (χ4n) is 8.84. The van der Waals surface area contributed by atoms with E-state index >= 15 is 0 Å². The maximum absolute atomic E-state index is 11.3. The molecule has 1 amide bonds. The minimum Gasteiger partial charge on any atom is -0.370 e. The molecule has 0 aromatic heterocycles. The van der Waals surface area contributed by atoms with Gasteiger partial charge in [0.25, 0.3) is 0 Å². The molecular weight excluding hydrogens is 318 g/mol. The molecule has 4 aliphatic rings. The fourth-order valence-corrected chi connectivity index (χ4v) is 8.84. The summed E-state index contributed by atoms with van der Waals surface area (Å²) in [7, 11) is 0. The molecule has 2 N–H and O–H groups in total. The lowest BCUT2D eigenvalue weighted by Crippen LogP contribution is -2.53. The number of carbonyl (C=O) groups excluding carboxylic acids is 1. The van der Waals surface area contributed by atoms with E-state index in [-0.39, 0.29) is 5.91 Å². The first kappa shape index (κ1) is 18.8. The van der Waals surface area contributed by atoms with Crippen LogP contribution >= 0.6 is 0 Å². The summed E-state index contributed by atoms with van der Waals surface area (Å²) in [5.41, 5.74) is 6.60. The second-order valence-electron chi connectivity index (χ2n) is 11.1. The number of amides is 1. The maximum Gasteiger partial charge on any atom is 0.217 e. The van der Waals surface area contributed by atoms with Crippen molar-refractivity contribution in [3.05, 3.63) is 0 Å². The predicted octanol–water partition coefficient (Wildman–Crippen LogP) is 5.94. The molecule has 0 radical (unpaired) electrons. The summed E-state index contributed by atoms with van der Waals surface area (Å²) >= 11 is 0. The molecule has 4 rings (SSSR count). The van der Waals surface area contributed by atoms with Crippen molar-refractivity contribution in [2.45, 2.75) is 97.8 Å². The number of primary amides is 1. The average molecular weight is 360 g/mol. The molecule has 0 aromatic rings. The monoisotopic (exact) mass is 359 g/mol. The smallest absolute Gasteiger partial charge is 0.217 e. The van der Waals surface area contributed by atoms with Crippen LogP contribution in [-0.4, -0.2) is 5.91 Å². The third kappa shape index (κ3) is 2.85. The van der Waals surface area contributed by atoms with Crippen LogP contribution in [0.3, 0.4) is 0 Å². The van der Waals surface area contributed by atoms with E-state index in [1.54, 1.807) is 0 Å². The number of hydrogen-bond donors (Lipinski definition) is 1. The van der Waals surface area contributed by atoms with Gasteiger partial charge < -0.3 is 5.73 Å². The summed E-state index contributed by atoms with van der Waals surface area (Å²) in [6, 6.07) is 0.